The summed E-state index contributed by atoms with van der Waals surface area (Å²) in [5, 5.41) is 0. The lowest BCUT2D eigenvalue weighted by Gasteiger charge is -2.17. The van der Waals surface area contributed by atoms with Crippen molar-refractivity contribution in [2.75, 3.05) is 0 Å². The fourth-order valence-electron chi connectivity index (χ4n) is 1.71. The Morgan fingerprint density at radius 3 is 2.14 bits per heavy atom. The zero-order valence-corrected chi connectivity index (χ0v) is 10.8. The Morgan fingerprint density at radius 1 is 1.07 bits per heavy atom. The SMILES string of the molecule is CC=C(CC)CCCCCC(C)(C)C. The van der Waals surface area contributed by atoms with E-state index in [1.165, 1.54) is 38.5 Å². The van der Waals surface area contributed by atoms with Gasteiger partial charge in [0.25, 0.3) is 0 Å². The van der Waals surface area contributed by atoms with Gasteiger partial charge in [0.1, 0.15) is 0 Å². The quantitative estimate of drug-likeness (QED) is 0.397. The highest BCUT2D eigenvalue weighted by molar-refractivity contribution is 4.98. The smallest absolute Gasteiger partial charge is 0.0321 e. The number of hydrogen-bond donors (Lipinski definition) is 0. The van der Waals surface area contributed by atoms with Crippen molar-refractivity contribution in [3.8, 4) is 0 Å². The first-order valence-electron chi connectivity index (χ1n) is 6.13. The van der Waals surface area contributed by atoms with Gasteiger partial charge in [-0.15, -0.1) is 0 Å². The predicted molar refractivity (Wildman–Crippen MR) is 66.6 cm³/mol. The summed E-state index contributed by atoms with van der Waals surface area (Å²) >= 11 is 0. The van der Waals surface area contributed by atoms with Crippen molar-refractivity contribution in [1.29, 1.82) is 0 Å². The standard InChI is InChI=1S/C14H28/c1-6-13(7-2)11-9-8-10-12-14(3,4)5/h6H,7-12H2,1-5H3. The molecule has 0 aromatic rings. The van der Waals surface area contributed by atoms with E-state index in [1.807, 2.05) is 0 Å². The first-order chi connectivity index (χ1) is 6.49. The zero-order valence-electron chi connectivity index (χ0n) is 10.8. The molecule has 0 aromatic heterocycles. The lowest BCUT2D eigenvalue weighted by Crippen LogP contribution is -2.03. The molecule has 0 aliphatic rings. The maximum atomic E-state index is 2.33. The molecule has 0 amide bonds. The maximum Gasteiger partial charge on any atom is -0.0321 e. The van der Waals surface area contributed by atoms with Crippen LogP contribution in [0.25, 0.3) is 0 Å². The molecule has 0 N–H and O–H groups in total. The largest absolute Gasteiger partial charge is 0.0885 e. The fraction of sp³-hybridized carbons (Fsp3) is 0.857. The summed E-state index contributed by atoms with van der Waals surface area (Å²) < 4.78 is 0. The average molecular weight is 196 g/mol. The second-order valence-corrected chi connectivity index (χ2v) is 5.42. The number of unbranched alkanes of at least 4 members (excludes halogenated alkanes) is 2. The van der Waals surface area contributed by atoms with Crippen molar-refractivity contribution in [3.63, 3.8) is 0 Å². The third-order valence-corrected chi connectivity index (χ3v) is 2.79. The molecule has 0 saturated heterocycles. The van der Waals surface area contributed by atoms with Crippen molar-refractivity contribution < 1.29 is 0 Å². The van der Waals surface area contributed by atoms with Crippen LogP contribution in [0.5, 0.6) is 0 Å². The Bertz CT molecular complexity index is 157. The van der Waals surface area contributed by atoms with Gasteiger partial charge in [0.2, 0.25) is 0 Å². The zero-order chi connectivity index (χ0) is 11.0. The highest BCUT2D eigenvalue weighted by atomic mass is 14.1. The molecule has 0 bridgehead atoms. The fourth-order valence-corrected chi connectivity index (χ4v) is 1.71. The van der Waals surface area contributed by atoms with Gasteiger partial charge in [0.15, 0.2) is 0 Å². The first-order valence-corrected chi connectivity index (χ1v) is 6.13. The Morgan fingerprint density at radius 2 is 1.71 bits per heavy atom. The summed E-state index contributed by atoms with van der Waals surface area (Å²) in [4.78, 5) is 0. The number of hydrogen-bond acceptors (Lipinski definition) is 0. The highest BCUT2D eigenvalue weighted by Gasteiger charge is 2.08. The lowest BCUT2D eigenvalue weighted by molar-refractivity contribution is 0.358. The molecule has 0 spiro atoms. The average Bonchev–Trinajstić information content (AvgIpc) is 2.09. The van der Waals surface area contributed by atoms with Crippen LogP contribution in [0.4, 0.5) is 0 Å². The van der Waals surface area contributed by atoms with Crippen molar-refractivity contribution in [1.82, 2.24) is 0 Å². The summed E-state index contributed by atoms with van der Waals surface area (Å²) in [6.07, 6.45) is 10.4. The minimum absolute atomic E-state index is 0.522. The number of allylic oxidation sites excluding steroid dienone is 2. The van der Waals surface area contributed by atoms with E-state index in [0.717, 1.165) is 0 Å². The van der Waals surface area contributed by atoms with E-state index in [2.05, 4.69) is 40.7 Å². The van der Waals surface area contributed by atoms with E-state index >= 15 is 0 Å². The van der Waals surface area contributed by atoms with E-state index in [0.29, 0.717) is 5.41 Å². The van der Waals surface area contributed by atoms with E-state index in [9.17, 15) is 0 Å². The minimum atomic E-state index is 0.522. The van der Waals surface area contributed by atoms with Gasteiger partial charge in [-0.05, 0) is 38.0 Å². The maximum absolute atomic E-state index is 2.33. The Hall–Kier alpha value is -0.260. The van der Waals surface area contributed by atoms with Gasteiger partial charge in [-0.25, -0.2) is 0 Å². The van der Waals surface area contributed by atoms with E-state index in [-0.39, 0.29) is 0 Å². The second-order valence-electron chi connectivity index (χ2n) is 5.42. The van der Waals surface area contributed by atoms with Crippen LogP contribution < -0.4 is 0 Å². The summed E-state index contributed by atoms with van der Waals surface area (Å²) in [5.41, 5.74) is 2.15. The first kappa shape index (κ1) is 13.7. The molecular weight excluding hydrogens is 168 g/mol. The molecule has 0 heteroatoms. The van der Waals surface area contributed by atoms with Crippen molar-refractivity contribution in [2.24, 2.45) is 5.41 Å². The van der Waals surface area contributed by atoms with Crippen LogP contribution in [0, 0.1) is 5.41 Å². The molecule has 0 aromatic carbocycles. The summed E-state index contributed by atoms with van der Waals surface area (Å²) in [5.74, 6) is 0. The third-order valence-electron chi connectivity index (χ3n) is 2.79. The molecule has 14 heavy (non-hydrogen) atoms. The lowest BCUT2D eigenvalue weighted by atomic mass is 9.89. The molecule has 0 atom stereocenters. The van der Waals surface area contributed by atoms with Crippen molar-refractivity contribution >= 4 is 0 Å². The highest BCUT2D eigenvalue weighted by Crippen LogP contribution is 2.23. The van der Waals surface area contributed by atoms with E-state index in [4.69, 9.17) is 0 Å². The topological polar surface area (TPSA) is 0 Å². The monoisotopic (exact) mass is 196 g/mol. The van der Waals surface area contributed by atoms with Gasteiger partial charge in [0, 0.05) is 0 Å². The van der Waals surface area contributed by atoms with Gasteiger partial charge in [-0.1, -0.05) is 52.2 Å². The summed E-state index contributed by atoms with van der Waals surface area (Å²) in [7, 11) is 0. The third kappa shape index (κ3) is 8.34. The van der Waals surface area contributed by atoms with Crippen LogP contribution in [0.15, 0.2) is 11.6 Å². The molecule has 0 unspecified atom stereocenters. The molecule has 0 radical (unpaired) electrons. The molecule has 0 aliphatic carbocycles. The molecule has 0 rings (SSSR count). The second kappa shape index (κ2) is 7.09. The number of rotatable bonds is 6. The minimum Gasteiger partial charge on any atom is -0.0885 e. The van der Waals surface area contributed by atoms with Crippen LogP contribution in [0.1, 0.15) is 73.1 Å². The Balaban J connectivity index is 3.39. The van der Waals surface area contributed by atoms with Gasteiger partial charge in [-0.2, -0.15) is 0 Å². The van der Waals surface area contributed by atoms with E-state index < -0.39 is 0 Å². The van der Waals surface area contributed by atoms with Crippen LogP contribution in [-0.4, -0.2) is 0 Å². The molecule has 84 valence electrons. The molecular formula is C14H28. The van der Waals surface area contributed by atoms with Gasteiger partial charge in [0.05, 0.1) is 0 Å². The van der Waals surface area contributed by atoms with Crippen molar-refractivity contribution in [3.05, 3.63) is 11.6 Å². The van der Waals surface area contributed by atoms with Gasteiger partial charge >= 0.3 is 0 Å². The molecule has 0 aliphatic heterocycles. The van der Waals surface area contributed by atoms with Gasteiger partial charge < -0.3 is 0 Å². The van der Waals surface area contributed by atoms with Crippen LogP contribution in [0.3, 0.4) is 0 Å². The summed E-state index contributed by atoms with van der Waals surface area (Å²) in [6, 6.07) is 0. The Kier molecular flexibility index (Phi) is 6.96. The molecule has 0 fully saturated rings. The van der Waals surface area contributed by atoms with Crippen LogP contribution in [0.2, 0.25) is 0 Å². The van der Waals surface area contributed by atoms with Gasteiger partial charge in [-0.3, -0.25) is 0 Å². The van der Waals surface area contributed by atoms with E-state index in [1.54, 1.807) is 5.57 Å². The van der Waals surface area contributed by atoms with Crippen molar-refractivity contribution in [2.45, 2.75) is 73.1 Å². The molecule has 0 nitrogen and oxygen atoms in total. The normalized spacial score (nSPS) is 13.4. The predicted octanol–water partition coefficient (Wildman–Crippen LogP) is 5.34. The molecule has 0 saturated carbocycles. The Labute approximate surface area is 90.8 Å². The van der Waals surface area contributed by atoms with Crippen LogP contribution >= 0.6 is 0 Å². The van der Waals surface area contributed by atoms with Crippen LogP contribution in [-0.2, 0) is 0 Å². The summed E-state index contributed by atoms with van der Waals surface area (Å²) in [6.45, 7) is 11.4. The molecule has 0 heterocycles.